The summed E-state index contributed by atoms with van der Waals surface area (Å²) in [5.41, 5.74) is 0.231. The number of benzene rings is 3. The van der Waals surface area contributed by atoms with Crippen LogP contribution >= 0.6 is 0 Å². The molecule has 0 radical (unpaired) electrons. The zero-order valence-electron chi connectivity index (χ0n) is 20.1. The van der Waals surface area contributed by atoms with E-state index in [4.69, 9.17) is 9.47 Å². The molecule has 3 aromatic carbocycles. The quantitative estimate of drug-likeness (QED) is 0.415. The van der Waals surface area contributed by atoms with Gasteiger partial charge in [-0.05, 0) is 73.2 Å². The third-order valence-corrected chi connectivity index (χ3v) is 7.08. The van der Waals surface area contributed by atoms with Crippen LogP contribution in [0, 0.1) is 23.5 Å². The fourth-order valence-electron chi connectivity index (χ4n) is 5.25. The Kier molecular flexibility index (Phi) is 7.19. The number of hydrogen-bond acceptors (Lipinski definition) is 6. The number of para-hydroxylation sites is 1. The average Bonchev–Trinajstić information content (AvgIpc) is 3.43. The SMILES string of the molecule is O=C(COc1ccc(C(=O)CN2C[C@H]3CC(Oc4ccccc4)C[C@H]3C2)cc1F)c1ccc(O)c(F)c1. The van der Waals surface area contributed by atoms with Gasteiger partial charge in [0.05, 0.1) is 12.6 Å². The van der Waals surface area contributed by atoms with E-state index in [1.807, 2.05) is 30.3 Å². The number of phenols is 1. The zero-order chi connectivity index (χ0) is 25.9. The first-order chi connectivity index (χ1) is 17.9. The minimum atomic E-state index is -0.929. The van der Waals surface area contributed by atoms with E-state index >= 15 is 0 Å². The molecule has 1 aliphatic heterocycles. The number of rotatable bonds is 9. The van der Waals surface area contributed by atoms with Crippen LogP contribution in [0.3, 0.4) is 0 Å². The number of Topliss-reactive ketones (excluding diaryl/α,β-unsaturated/α-hetero) is 2. The third kappa shape index (κ3) is 5.80. The van der Waals surface area contributed by atoms with Crippen LogP contribution in [0.5, 0.6) is 17.2 Å². The maximum absolute atomic E-state index is 14.6. The van der Waals surface area contributed by atoms with Crippen LogP contribution in [-0.4, -0.2) is 53.9 Å². The molecule has 1 heterocycles. The van der Waals surface area contributed by atoms with E-state index in [1.54, 1.807) is 0 Å². The summed E-state index contributed by atoms with van der Waals surface area (Å²) in [5, 5.41) is 9.23. The number of likely N-dealkylation sites (tertiary alicyclic amines) is 1. The van der Waals surface area contributed by atoms with Crippen LogP contribution in [0.2, 0.25) is 0 Å². The van der Waals surface area contributed by atoms with E-state index < -0.39 is 29.8 Å². The van der Waals surface area contributed by atoms with Crippen molar-refractivity contribution in [2.75, 3.05) is 26.2 Å². The summed E-state index contributed by atoms with van der Waals surface area (Å²) in [7, 11) is 0. The van der Waals surface area contributed by atoms with Gasteiger partial charge in [-0.1, -0.05) is 18.2 Å². The summed E-state index contributed by atoms with van der Waals surface area (Å²) in [6, 6.07) is 16.9. The molecule has 8 heteroatoms. The van der Waals surface area contributed by atoms with Crippen molar-refractivity contribution in [1.29, 1.82) is 0 Å². The second-order valence-electron chi connectivity index (χ2n) is 9.68. The molecule has 0 bridgehead atoms. The van der Waals surface area contributed by atoms with Crippen molar-refractivity contribution in [2.24, 2.45) is 11.8 Å². The Balaban J connectivity index is 1.11. The van der Waals surface area contributed by atoms with E-state index in [0.29, 0.717) is 11.8 Å². The molecule has 1 saturated heterocycles. The number of carbonyl (C=O) groups is 2. The van der Waals surface area contributed by atoms with Gasteiger partial charge in [-0.25, -0.2) is 8.78 Å². The van der Waals surface area contributed by atoms with Crippen molar-refractivity contribution in [2.45, 2.75) is 18.9 Å². The molecule has 6 nitrogen and oxygen atoms in total. The smallest absolute Gasteiger partial charge is 0.200 e. The van der Waals surface area contributed by atoms with E-state index in [9.17, 15) is 23.5 Å². The summed E-state index contributed by atoms with van der Waals surface area (Å²) >= 11 is 0. The first-order valence-corrected chi connectivity index (χ1v) is 12.3. The van der Waals surface area contributed by atoms with Crippen LogP contribution < -0.4 is 9.47 Å². The number of halogens is 2. The van der Waals surface area contributed by atoms with Crippen molar-refractivity contribution in [3.05, 3.63) is 89.5 Å². The fourth-order valence-corrected chi connectivity index (χ4v) is 5.25. The fraction of sp³-hybridized carbons (Fsp3) is 0.310. The predicted octanol–water partition coefficient (Wildman–Crippen LogP) is 4.90. The lowest BCUT2D eigenvalue weighted by Gasteiger charge is -2.19. The van der Waals surface area contributed by atoms with Crippen molar-refractivity contribution in [3.63, 3.8) is 0 Å². The number of phenolic OH excluding ortho intramolecular Hbond substituents is 1. The van der Waals surface area contributed by atoms with Crippen LogP contribution in [0.1, 0.15) is 33.6 Å². The van der Waals surface area contributed by atoms with Gasteiger partial charge >= 0.3 is 0 Å². The summed E-state index contributed by atoms with van der Waals surface area (Å²) in [6.45, 7) is 1.32. The summed E-state index contributed by atoms with van der Waals surface area (Å²) in [4.78, 5) is 27.1. The molecule has 1 unspecified atom stereocenters. The Bertz CT molecular complexity index is 1280. The Morgan fingerprint density at radius 1 is 0.865 bits per heavy atom. The lowest BCUT2D eigenvalue weighted by atomic mass is 10.0. The molecule has 1 N–H and O–H groups in total. The largest absolute Gasteiger partial charge is 0.505 e. The highest BCUT2D eigenvalue weighted by Gasteiger charge is 2.42. The first kappa shape index (κ1) is 24.9. The van der Waals surface area contributed by atoms with Gasteiger partial charge in [0.2, 0.25) is 0 Å². The second kappa shape index (κ2) is 10.7. The monoisotopic (exact) mass is 507 g/mol. The number of ether oxygens (including phenoxy) is 2. The van der Waals surface area contributed by atoms with Gasteiger partial charge in [-0.2, -0.15) is 0 Å². The zero-order valence-corrected chi connectivity index (χ0v) is 20.1. The van der Waals surface area contributed by atoms with Gasteiger partial charge in [0, 0.05) is 24.2 Å². The molecule has 3 aromatic rings. The van der Waals surface area contributed by atoms with E-state index in [0.717, 1.165) is 49.9 Å². The number of nitrogens with zero attached hydrogens (tertiary/aromatic N) is 1. The lowest BCUT2D eigenvalue weighted by Crippen LogP contribution is -2.30. The first-order valence-electron chi connectivity index (χ1n) is 12.3. The number of ketones is 2. The number of fused-ring (bicyclic) bond motifs is 1. The highest BCUT2D eigenvalue weighted by Crippen LogP contribution is 2.39. The number of hydrogen-bond donors (Lipinski definition) is 1. The average molecular weight is 508 g/mol. The van der Waals surface area contributed by atoms with Crippen LogP contribution in [0.15, 0.2) is 66.7 Å². The molecule has 2 fully saturated rings. The van der Waals surface area contributed by atoms with Gasteiger partial charge < -0.3 is 14.6 Å². The summed E-state index contributed by atoms with van der Waals surface area (Å²) in [5.74, 6) is -1.34. The normalized spacial score (nSPS) is 21.0. The van der Waals surface area contributed by atoms with E-state index in [-0.39, 0.29) is 35.3 Å². The lowest BCUT2D eigenvalue weighted by molar-refractivity contribution is 0.0912. The van der Waals surface area contributed by atoms with Crippen LogP contribution in [-0.2, 0) is 0 Å². The van der Waals surface area contributed by atoms with Crippen molar-refractivity contribution < 1.29 is 33.0 Å². The van der Waals surface area contributed by atoms with Crippen LogP contribution in [0.25, 0.3) is 0 Å². The molecule has 5 rings (SSSR count). The molecule has 192 valence electrons. The van der Waals surface area contributed by atoms with E-state index in [2.05, 4.69) is 4.90 Å². The maximum Gasteiger partial charge on any atom is 0.200 e. The molecular formula is C29H27F2NO5. The predicted molar refractivity (Wildman–Crippen MR) is 132 cm³/mol. The van der Waals surface area contributed by atoms with Gasteiger partial charge in [-0.3, -0.25) is 14.5 Å². The Hall–Kier alpha value is -3.78. The molecule has 37 heavy (non-hydrogen) atoms. The second-order valence-corrected chi connectivity index (χ2v) is 9.68. The standard InChI is InChI=1S/C29H27F2NO5/c30-24-12-19(6-8-26(24)33)28(35)17-36-29-9-7-18(13-25(29)31)27(34)16-32-14-20-10-23(11-21(20)15-32)37-22-4-2-1-3-5-22/h1-9,12-13,20-21,23,33H,10-11,14-17H2/t20-,21+,23?. The number of aromatic hydroxyl groups is 1. The Labute approximate surface area is 213 Å². The molecule has 0 amide bonds. The highest BCUT2D eigenvalue weighted by molar-refractivity contribution is 5.98. The molecule has 1 aliphatic carbocycles. The Morgan fingerprint density at radius 2 is 1.51 bits per heavy atom. The third-order valence-electron chi connectivity index (χ3n) is 7.08. The minimum absolute atomic E-state index is 0.00386. The van der Waals surface area contributed by atoms with Gasteiger partial charge in [-0.15, -0.1) is 0 Å². The maximum atomic E-state index is 14.6. The van der Waals surface area contributed by atoms with Gasteiger partial charge in [0.1, 0.15) is 5.75 Å². The molecule has 2 aliphatic rings. The van der Waals surface area contributed by atoms with E-state index in [1.165, 1.54) is 18.2 Å². The highest BCUT2D eigenvalue weighted by atomic mass is 19.1. The Morgan fingerprint density at radius 3 is 2.19 bits per heavy atom. The molecule has 0 spiro atoms. The van der Waals surface area contributed by atoms with Crippen molar-refractivity contribution >= 4 is 11.6 Å². The van der Waals surface area contributed by atoms with Gasteiger partial charge in [0.15, 0.2) is 41.3 Å². The topological polar surface area (TPSA) is 76.1 Å². The minimum Gasteiger partial charge on any atom is -0.505 e. The molecule has 1 saturated carbocycles. The van der Waals surface area contributed by atoms with Crippen LogP contribution in [0.4, 0.5) is 8.78 Å². The summed E-state index contributed by atoms with van der Waals surface area (Å²) < 4.78 is 39.4. The number of carbonyl (C=O) groups excluding carboxylic acids is 2. The van der Waals surface area contributed by atoms with Crippen molar-refractivity contribution in [1.82, 2.24) is 4.90 Å². The molecule has 0 aromatic heterocycles. The van der Waals surface area contributed by atoms with Crippen molar-refractivity contribution in [3.8, 4) is 17.2 Å². The molecular weight excluding hydrogens is 480 g/mol. The van der Waals surface area contributed by atoms with Gasteiger partial charge in [0.25, 0.3) is 0 Å². The molecule has 3 atom stereocenters. The summed E-state index contributed by atoms with van der Waals surface area (Å²) in [6.07, 6.45) is 2.11.